The molecule has 1 saturated heterocycles. The summed E-state index contributed by atoms with van der Waals surface area (Å²) in [6.45, 7) is 4.95. The lowest BCUT2D eigenvalue weighted by Crippen LogP contribution is -2.48. The van der Waals surface area contributed by atoms with Gasteiger partial charge in [-0.05, 0) is 36.8 Å². The van der Waals surface area contributed by atoms with E-state index < -0.39 is 0 Å². The van der Waals surface area contributed by atoms with Gasteiger partial charge in [-0.1, -0.05) is 13.0 Å². The molecule has 0 aliphatic carbocycles. The summed E-state index contributed by atoms with van der Waals surface area (Å²) in [4.78, 5) is 8.13. The molecule has 0 saturated carbocycles. The zero-order valence-corrected chi connectivity index (χ0v) is 12.6. The fourth-order valence-electron chi connectivity index (χ4n) is 3.01. The summed E-state index contributed by atoms with van der Waals surface area (Å²) in [6, 6.07) is 4.51. The molecular formula is C15H21N3OS. The minimum atomic E-state index is 0.464. The zero-order valence-electron chi connectivity index (χ0n) is 11.8. The molecule has 1 aliphatic rings. The highest BCUT2D eigenvalue weighted by molar-refractivity contribution is 7.13. The Kier molecular flexibility index (Phi) is 4.19. The molecule has 0 radical (unpaired) electrons. The minimum Gasteiger partial charge on any atom is -0.444 e. The van der Waals surface area contributed by atoms with E-state index in [0.717, 1.165) is 36.1 Å². The van der Waals surface area contributed by atoms with Gasteiger partial charge in [0.2, 0.25) is 5.89 Å². The number of hydrogen-bond acceptors (Lipinski definition) is 5. The number of aromatic nitrogens is 1. The van der Waals surface area contributed by atoms with Crippen molar-refractivity contribution in [3.63, 3.8) is 0 Å². The largest absolute Gasteiger partial charge is 0.444 e. The Bertz CT molecular complexity index is 537. The second-order valence-electron chi connectivity index (χ2n) is 5.51. The number of nitrogens with zero attached hydrogens (tertiary/aromatic N) is 2. The van der Waals surface area contributed by atoms with Crippen molar-refractivity contribution in [3.8, 4) is 10.8 Å². The molecule has 0 bridgehead atoms. The molecule has 20 heavy (non-hydrogen) atoms. The molecule has 2 N–H and O–H groups in total. The average Bonchev–Trinajstić information content (AvgIpc) is 3.09. The van der Waals surface area contributed by atoms with Gasteiger partial charge in [0.1, 0.15) is 6.26 Å². The monoisotopic (exact) mass is 291 g/mol. The summed E-state index contributed by atoms with van der Waals surface area (Å²) in [6.07, 6.45) is 4.30. The van der Waals surface area contributed by atoms with Crippen LogP contribution in [0.2, 0.25) is 0 Å². The first-order valence-electron chi connectivity index (χ1n) is 7.20. The second-order valence-corrected chi connectivity index (χ2v) is 6.46. The maximum atomic E-state index is 5.94. The maximum Gasteiger partial charge on any atom is 0.236 e. The Morgan fingerprint density at radius 2 is 2.45 bits per heavy atom. The van der Waals surface area contributed by atoms with Gasteiger partial charge >= 0.3 is 0 Å². The molecule has 2 aromatic heterocycles. The highest BCUT2D eigenvalue weighted by atomic mass is 32.1. The van der Waals surface area contributed by atoms with Gasteiger partial charge in [0, 0.05) is 19.1 Å². The van der Waals surface area contributed by atoms with Crippen LogP contribution in [0.1, 0.15) is 25.5 Å². The molecule has 0 amide bonds. The molecule has 3 rings (SSSR count). The molecular weight excluding hydrogens is 270 g/mol. The highest BCUT2D eigenvalue weighted by Gasteiger charge is 2.27. The third kappa shape index (κ3) is 2.80. The molecule has 0 aromatic carbocycles. The van der Waals surface area contributed by atoms with Crippen molar-refractivity contribution in [1.82, 2.24) is 9.88 Å². The standard InChI is InChI=1S/C15H21N3OS/c1-11-4-2-6-18(13(11)8-16)9-12-10-19-15(17-12)14-5-3-7-20-14/h3,5,7,10-11,13H,2,4,6,8-9,16H2,1H3. The van der Waals surface area contributed by atoms with E-state index >= 15 is 0 Å². The van der Waals surface area contributed by atoms with Crippen molar-refractivity contribution >= 4 is 11.3 Å². The van der Waals surface area contributed by atoms with Crippen LogP contribution in [0.25, 0.3) is 10.8 Å². The lowest BCUT2D eigenvalue weighted by molar-refractivity contribution is 0.0977. The van der Waals surface area contributed by atoms with E-state index in [4.69, 9.17) is 10.2 Å². The van der Waals surface area contributed by atoms with E-state index in [9.17, 15) is 0 Å². The van der Waals surface area contributed by atoms with Crippen LogP contribution in [-0.4, -0.2) is 29.0 Å². The molecule has 1 fully saturated rings. The Morgan fingerprint density at radius 1 is 1.55 bits per heavy atom. The second kappa shape index (κ2) is 6.08. The van der Waals surface area contributed by atoms with E-state index in [1.165, 1.54) is 12.8 Å². The van der Waals surface area contributed by atoms with Crippen LogP contribution in [0, 0.1) is 5.92 Å². The fraction of sp³-hybridized carbons (Fsp3) is 0.533. The first-order chi connectivity index (χ1) is 9.78. The van der Waals surface area contributed by atoms with Gasteiger partial charge in [-0.2, -0.15) is 0 Å². The molecule has 2 aromatic rings. The Balaban J connectivity index is 1.71. The van der Waals surface area contributed by atoms with Crippen molar-refractivity contribution < 1.29 is 4.42 Å². The normalized spacial score (nSPS) is 24.1. The lowest BCUT2D eigenvalue weighted by Gasteiger charge is -2.38. The summed E-state index contributed by atoms with van der Waals surface area (Å²) in [5.41, 5.74) is 6.94. The molecule has 2 unspecified atom stereocenters. The maximum absolute atomic E-state index is 5.94. The SMILES string of the molecule is CC1CCCN(Cc2coc(-c3cccs3)n2)C1CN. The van der Waals surface area contributed by atoms with Crippen LogP contribution in [0.5, 0.6) is 0 Å². The van der Waals surface area contributed by atoms with Gasteiger partial charge in [-0.3, -0.25) is 4.90 Å². The van der Waals surface area contributed by atoms with Crippen molar-refractivity contribution in [1.29, 1.82) is 0 Å². The minimum absolute atomic E-state index is 0.464. The molecule has 3 heterocycles. The first-order valence-corrected chi connectivity index (χ1v) is 8.08. The van der Waals surface area contributed by atoms with E-state index in [2.05, 4.69) is 16.8 Å². The molecule has 1 aliphatic heterocycles. The van der Waals surface area contributed by atoms with Crippen molar-refractivity contribution in [3.05, 3.63) is 29.5 Å². The predicted molar refractivity (Wildman–Crippen MR) is 81.5 cm³/mol. The topological polar surface area (TPSA) is 55.3 Å². The van der Waals surface area contributed by atoms with E-state index in [1.54, 1.807) is 17.6 Å². The number of nitrogens with two attached hydrogens (primary N) is 1. The molecule has 108 valence electrons. The Hall–Kier alpha value is -1.17. The average molecular weight is 291 g/mol. The summed E-state index contributed by atoms with van der Waals surface area (Å²) in [7, 11) is 0. The lowest BCUT2D eigenvalue weighted by atomic mass is 9.91. The van der Waals surface area contributed by atoms with Gasteiger partial charge in [0.05, 0.1) is 10.6 Å². The van der Waals surface area contributed by atoms with Gasteiger partial charge in [0.25, 0.3) is 0 Å². The van der Waals surface area contributed by atoms with Crippen LogP contribution < -0.4 is 5.73 Å². The van der Waals surface area contributed by atoms with E-state index in [0.29, 0.717) is 12.0 Å². The smallest absolute Gasteiger partial charge is 0.236 e. The molecule has 2 atom stereocenters. The number of thiophene rings is 1. The van der Waals surface area contributed by atoms with Crippen LogP contribution in [0.15, 0.2) is 28.2 Å². The number of rotatable bonds is 4. The Morgan fingerprint density at radius 3 is 3.20 bits per heavy atom. The first kappa shape index (κ1) is 13.8. The third-order valence-corrected chi connectivity index (χ3v) is 4.98. The van der Waals surface area contributed by atoms with Crippen molar-refractivity contribution in [2.75, 3.05) is 13.1 Å². The number of hydrogen-bond donors (Lipinski definition) is 1. The number of piperidine rings is 1. The van der Waals surface area contributed by atoms with Crippen LogP contribution in [0.4, 0.5) is 0 Å². The predicted octanol–water partition coefficient (Wildman–Crippen LogP) is 2.96. The summed E-state index contributed by atoms with van der Waals surface area (Å²) in [5.74, 6) is 1.39. The van der Waals surface area contributed by atoms with Gasteiger partial charge < -0.3 is 10.2 Å². The summed E-state index contributed by atoms with van der Waals surface area (Å²) >= 11 is 1.65. The quantitative estimate of drug-likeness (QED) is 0.941. The number of likely N-dealkylation sites (tertiary alicyclic amines) is 1. The van der Waals surface area contributed by atoms with E-state index in [-0.39, 0.29) is 0 Å². The van der Waals surface area contributed by atoms with Crippen LogP contribution in [0.3, 0.4) is 0 Å². The molecule has 0 spiro atoms. The Labute approximate surface area is 123 Å². The molecule has 4 nitrogen and oxygen atoms in total. The third-order valence-electron chi connectivity index (χ3n) is 4.12. The zero-order chi connectivity index (χ0) is 13.9. The highest BCUT2D eigenvalue weighted by Crippen LogP contribution is 2.27. The van der Waals surface area contributed by atoms with Crippen LogP contribution in [-0.2, 0) is 6.54 Å². The van der Waals surface area contributed by atoms with E-state index in [1.807, 2.05) is 17.5 Å². The number of oxazole rings is 1. The summed E-state index contributed by atoms with van der Waals surface area (Å²) < 4.78 is 5.59. The van der Waals surface area contributed by atoms with Gasteiger partial charge in [-0.15, -0.1) is 11.3 Å². The van der Waals surface area contributed by atoms with Gasteiger partial charge in [-0.25, -0.2) is 4.98 Å². The van der Waals surface area contributed by atoms with Crippen molar-refractivity contribution in [2.45, 2.75) is 32.4 Å². The molecule has 5 heteroatoms. The fourth-order valence-corrected chi connectivity index (χ4v) is 3.67. The van der Waals surface area contributed by atoms with Crippen LogP contribution >= 0.6 is 11.3 Å². The summed E-state index contributed by atoms with van der Waals surface area (Å²) in [5, 5.41) is 2.04. The van der Waals surface area contributed by atoms with Crippen molar-refractivity contribution in [2.24, 2.45) is 11.7 Å². The van der Waals surface area contributed by atoms with Gasteiger partial charge in [0.15, 0.2) is 0 Å².